The number of carbonyl (C=O) groups is 1. The number of likely N-dealkylation sites (tertiary alicyclic amines) is 1. The fourth-order valence-electron chi connectivity index (χ4n) is 6.62. The van der Waals surface area contributed by atoms with E-state index in [1.165, 1.54) is 6.07 Å². The van der Waals surface area contributed by atoms with E-state index in [2.05, 4.69) is 15.5 Å². The van der Waals surface area contributed by atoms with Gasteiger partial charge in [-0.1, -0.05) is 23.7 Å². The Balaban J connectivity index is 1.11. The minimum Gasteiger partial charge on any atom is -0.492 e. The highest BCUT2D eigenvalue weighted by atomic mass is 35.5. The first-order chi connectivity index (χ1) is 21.7. The molecule has 7 rings (SSSR count). The molecule has 0 radical (unpaired) electrons. The molecular weight excluding hydrogens is 601 g/mol. The summed E-state index contributed by atoms with van der Waals surface area (Å²) in [6, 6.07) is 13.6. The zero-order valence-electron chi connectivity index (χ0n) is 25.2. The molecule has 1 N–H and O–H groups in total. The van der Waals surface area contributed by atoms with Crippen molar-refractivity contribution < 1.29 is 33.2 Å². The number of piperidine rings is 1. The van der Waals surface area contributed by atoms with Crippen LogP contribution >= 0.6 is 11.6 Å². The Labute approximate surface area is 265 Å². The predicted octanol–water partition coefficient (Wildman–Crippen LogP) is 6.74. The molecule has 11 heteroatoms. The topological polar surface area (TPSA) is 95.3 Å². The molecule has 0 saturated carbocycles. The summed E-state index contributed by atoms with van der Waals surface area (Å²) in [5.74, 6) is 0.0635. The number of carboxylic acids is 1. The first kappa shape index (κ1) is 29.8. The maximum absolute atomic E-state index is 14.9. The number of benzene rings is 3. The smallest absolute Gasteiger partial charge is 0.335 e. The van der Waals surface area contributed by atoms with E-state index >= 15 is 0 Å². The zero-order chi connectivity index (χ0) is 31.3. The van der Waals surface area contributed by atoms with E-state index in [0.717, 1.165) is 55.9 Å². The lowest BCUT2D eigenvalue weighted by atomic mass is 9.88. The predicted molar refractivity (Wildman–Crippen MR) is 166 cm³/mol. The number of imidazole rings is 1. The van der Waals surface area contributed by atoms with Crippen molar-refractivity contribution in [2.75, 3.05) is 26.3 Å². The van der Waals surface area contributed by atoms with Crippen LogP contribution in [-0.4, -0.2) is 57.9 Å². The second kappa shape index (κ2) is 11.8. The number of hydrogen-bond acceptors (Lipinski definition) is 7. The summed E-state index contributed by atoms with van der Waals surface area (Å²) in [6.45, 7) is 7.63. The lowest BCUT2D eigenvalue weighted by molar-refractivity contribution is -0.0712. The summed E-state index contributed by atoms with van der Waals surface area (Å²) >= 11 is 5.98. The number of aromatic nitrogens is 2. The van der Waals surface area contributed by atoms with Gasteiger partial charge in [0.1, 0.15) is 22.9 Å². The first-order valence-electron chi connectivity index (χ1n) is 15.4. The highest BCUT2D eigenvalue weighted by Crippen LogP contribution is 2.50. The second-order valence-electron chi connectivity index (χ2n) is 12.0. The Morgan fingerprint density at radius 2 is 1.96 bits per heavy atom. The summed E-state index contributed by atoms with van der Waals surface area (Å²) in [5.41, 5.74) is 2.94. The third kappa shape index (κ3) is 5.60. The summed E-state index contributed by atoms with van der Waals surface area (Å²) in [7, 11) is 0. The van der Waals surface area contributed by atoms with Gasteiger partial charge in [0.15, 0.2) is 11.5 Å². The highest BCUT2D eigenvalue weighted by Gasteiger charge is 2.43. The standard InChI is InChI=1S/C34H35ClFN3O6/c1-3-42-29-16-21(33(40)41)15-27-31(29)37-30(39(27)18-23-11-14-43-23)19-38-12-9-20(10-13-38)24-5-4-6-28-32(24)45-34(2,44-28)25-8-7-22(35)17-26(25)36/h4-8,15-17,20,23H,3,9-14,18-19H2,1-2H3,(H,40,41). The van der Waals surface area contributed by atoms with Crippen molar-refractivity contribution in [2.45, 2.75) is 64.0 Å². The molecular formula is C34H35ClFN3O6. The van der Waals surface area contributed by atoms with Crippen LogP contribution in [0.1, 0.15) is 66.3 Å². The number of fused-ring (bicyclic) bond motifs is 2. The van der Waals surface area contributed by atoms with Crippen LogP contribution in [0.3, 0.4) is 0 Å². The first-order valence-corrected chi connectivity index (χ1v) is 15.8. The number of para-hydroxylation sites is 1. The van der Waals surface area contributed by atoms with E-state index in [9.17, 15) is 14.3 Å². The van der Waals surface area contributed by atoms with Crippen molar-refractivity contribution in [3.63, 3.8) is 0 Å². The molecule has 0 amide bonds. The fourth-order valence-corrected chi connectivity index (χ4v) is 6.78. The molecule has 1 aromatic heterocycles. The summed E-state index contributed by atoms with van der Waals surface area (Å²) in [4.78, 5) is 19.3. The van der Waals surface area contributed by atoms with Crippen LogP contribution in [0.15, 0.2) is 48.5 Å². The minimum atomic E-state index is -1.29. The molecule has 2 atom stereocenters. The number of hydrogen-bond donors (Lipinski definition) is 1. The van der Waals surface area contributed by atoms with Gasteiger partial charge in [-0.15, -0.1) is 0 Å². The van der Waals surface area contributed by atoms with Gasteiger partial charge in [0, 0.05) is 24.1 Å². The maximum atomic E-state index is 14.9. The molecule has 2 saturated heterocycles. The number of ether oxygens (including phenoxy) is 4. The van der Waals surface area contributed by atoms with Crippen molar-refractivity contribution in [1.82, 2.24) is 14.5 Å². The molecule has 0 spiro atoms. The monoisotopic (exact) mass is 635 g/mol. The Bertz CT molecular complexity index is 1770. The van der Waals surface area contributed by atoms with Crippen LogP contribution in [0.25, 0.3) is 11.0 Å². The molecule has 3 aromatic carbocycles. The van der Waals surface area contributed by atoms with Crippen LogP contribution in [0.4, 0.5) is 4.39 Å². The molecule has 45 heavy (non-hydrogen) atoms. The van der Waals surface area contributed by atoms with Gasteiger partial charge < -0.3 is 28.6 Å². The normalized spacial score (nSPS) is 21.6. The number of nitrogens with zero attached hydrogens (tertiary/aromatic N) is 3. The Morgan fingerprint density at radius 3 is 2.64 bits per heavy atom. The van der Waals surface area contributed by atoms with Crippen molar-refractivity contribution in [3.8, 4) is 17.2 Å². The molecule has 2 fully saturated rings. The quantitative estimate of drug-likeness (QED) is 0.216. The summed E-state index contributed by atoms with van der Waals surface area (Å²) < 4.78 is 41.1. The van der Waals surface area contributed by atoms with Crippen molar-refractivity contribution in [2.24, 2.45) is 0 Å². The van der Waals surface area contributed by atoms with E-state index < -0.39 is 17.6 Å². The van der Waals surface area contributed by atoms with Gasteiger partial charge in [-0.05, 0) is 81.6 Å². The van der Waals surface area contributed by atoms with E-state index in [4.69, 9.17) is 35.5 Å². The number of carboxylic acid groups (broad SMARTS) is 1. The number of aromatic carboxylic acids is 1. The fraction of sp³-hybridized carbons (Fsp3) is 0.412. The maximum Gasteiger partial charge on any atom is 0.335 e. The van der Waals surface area contributed by atoms with E-state index in [1.807, 2.05) is 19.1 Å². The van der Waals surface area contributed by atoms with Crippen molar-refractivity contribution >= 4 is 28.6 Å². The van der Waals surface area contributed by atoms with Crippen LogP contribution < -0.4 is 14.2 Å². The van der Waals surface area contributed by atoms with Crippen LogP contribution in [-0.2, 0) is 23.6 Å². The minimum absolute atomic E-state index is 0.0744. The third-order valence-electron chi connectivity index (χ3n) is 9.05. The molecule has 236 valence electrons. The molecule has 0 aliphatic carbocycles. The van der Waals surface area contributed by atoms with Crippen molar-refractivity contribution in [1.29, 1.82) is 0 Å². The SMILES string of the molecule is CCOc1cc(C(=O)O)cc2c1nc(CN1CCC(c3cccc4c3OC(C)(c3ccc(Cl)cc3F)O4)CC1)n2CC1CCO1. The molecule has 9 nitrogen and oxygen atoms in total. The average molecular weight is 636 g/mol. The van der Waals surface area contributed by atoms with Crippen LogP contribution in [0.5, 0.6) is 17.2 Å². The van der Waals surface area contributed by atoms with Gasteiger partial charge in [0.2, 0.25) is 0 Å². The van der Waals surface area contributed by atoms with Crippen molar-refractivity contribution in [3.05, 3.63) is 81.9 Å². The van der Waals surface area contributed by atoms with E-state index in [1.54, 1.807) is 31.2 Å². The van der Waals surface area contributed by atoms with Gasteiger partial charge in [0.05, 0.1) is 42.4 Å². The zero-order valence-corrected chi connectivity index (χ0v) is 26.0. The Hall–Kier alpha value is -3.86. The van der Waals surface area contributed by atoms with Gasteiger partial charge in [-0.3, -0.25) is 4.90 Å². The highest BCUT2D eigenvalue weighted by molar-refractivity contribution is 6.30. The molecule has 4 heterocycles. The molecule has 4 aromatic rings. The van der Waals surface area contributed by atoms with E-state index in [-0.39, 0.29) is 17.6 Å². The average Bonchev–Trinajstić information content (AvgIpc) is 3.52. The van der Waals surface area contributed by atoms with Crippen LogP contribution in [0, 0.1) is 5.82 Å². The van der Waals surface area contributed by atoms with Gasteiger partial charge >= 0.3 is 5.97 Å². The van der Waals surface area contributed by atoms with Crippen LogP contribution in [0.2, 0.25) is 5.02 Å². The van der Waals surface area contributed by atoms with Gasteiger partial charge in [0.25, 0.3) is 5.79 Å². The summed E-state index contributed by atoms with van der Waals surface area (Å²) in [5, 5.41) is 10.1. The second-order valence-corrected chi connectivity index (χ2v) is 12.4. The Morgan fingerprint density at radius 1 is 1.16 bits per heavy atom. The molecule has 0 bridgehead atoms. The largest absolute Gasteiger partial charge is 0.492 e. The Kier molecular flexibility index (Phi) is 7.83. The third-order valence-corrected chi connectivity index (χ3v) is 9.28. The van der Waals surface area contributed by atoms with E-state index in [0.29, 0.717) is 53.0 Å². The molecule has 3 aliphatic heterocycles. The molecule has 3 aliphatic rings. The lowest BCUT2D eigenvalue weighted by Gasteiger charge is -2.33. The summed E-state index contributed by atoms with van der Waals surface area (Å²) in [6.07, 6.45) is 2.82. The number of halogens is 2. The molecule has 2 unspecified atom stereocenters. The lowest BCUT2D eigenvalue weighted by Crippen LogP contribution is -2.35. The van der Waals surface area contributed by atoms with Gasteiger partial charge in [-0.2, -0.15) is 0 Å². The number of rotatable bonds is 9. The van der Waals surface area contributed by atoms with Gasteiger partial charge in [-0.25, -0.2) is 14.2 Å².